The summed E-state index contributed by atoms with van der Waals surface area (Å²) in [4.78, 5) is 13.7. The van der Waals surface area contributed by atoms with Gasteiger partial charge in [-0.3, -0.25) is 9.69 Å². The third-order valence-electron chi connectivity index (χ3n) is 3.86. The molecule has 2 unspecified atom stereocenters. The fraction of sp³-hybridized carbons (Fsp3) is 0.923. The SMILES string of the molecule is CCCCC(NC1CCN(C2CC2)C1)C(=O)O. The van der Waals surface area contributed by atoms with Crippen molar-refractivity contribution in [2.24, 2.45) is 0 Å². The zero-order valence-electron chi connectivity index (χ0n) is 10.7. The number of rotatable bonds is 7. The second kappa shape index (κ2) is 5.83. The zero-order chi connectivity index (χ0) is 12.3. The Hall–Kier alpha value is -0.610. The molecule has 0 bridgehead atoms. The Bertz CT molecular complexity index is 266. The maximum atomic E-state index is 11.1. The second-order valence-corrected chi connectivity index (χ2v) is 5.41. The van der Waals surface area contributed by atoms with Crippen molar-refractivity contribution in [3.8, 4) is 0 Å². The summed E-state index contributed by atoms with van der Waals surface area (Å²) in [5, 5.41) is 12.5. The molecule has 0 radical (unpaired) electrons. The van der Waals surface area contributed by atoms with Crippen LogP contribution in [-0.4, -0.2) is 47.2 Å². The normalized spacial score (nSPS) is 27.2. The topological polar surface area (TPSA) is 52.6 Å². The van der Waals surface area contributed by atoms with E-state index < -0.39 is 5.97 Å². The molecule has 4 heteroatoms. The average Bonchev–Trinajstić information content (AvgIpc) is 3.05. The summed E-state index contributed by atoms with van der Waals surface area (Å²) in [5.41, 5.74) is 0. The molecule has 2 atom stereocenters. The van der Waals surface area contributed by atoms with Gasteiger partial charge in [-0.25, -0.2) is 0 Å². The first-order valence-electron chi connectivity index (χ1n) is 6.93. The second-order valence-electron chi connectivity index (χ2n) is 5.41. The van der Waals surface area contributed by atoms with E-state index in [1.807, 2.05) is 0 Å². The minimum absolute atomic E-state index is 0.348. The van der Waals surface area contributed by atoms with Gasteiger partial charge in [0.05, 0.1) is 0 Å². The van der Waals surface area contributed by atoms with Crippen molar-refractivity contribution in [3.63, 3.8) is 0 Å². The lowest BCUT2D eigenvalue weighted by Gasteiger charge is -2.20. The molecular formula is C13H24N2O2. The lowest BCUT2D eigenvalue weighted by atomic mass is 10.1. The molecule has 17 heavy (non-hydrogen) atoms. The van der Waals surface area contributed by atoms with Gasteiger partial charge in [-0.15, -0.1) is 0 Å². The van der Waals surface area contributed by atoms with Crippen LogP contribution in [0.4, 0.5) is 0 Å². The summed E-state index contributed by atoms with van der Waals surface area (Å²) in [7, 11) is 0. The number of hydrogen-bond acceptors (Lipinski definition) is 3. The number of carboxylic acid groups (broad SMARTS) is 1. The van der Waals surface area contributed by atoms with Gasteiger partial charge < -0.3 is 10.4 Å². The molecule has 1 saturated heterocycles. The highest BCUT2D eigenvalue weighted by Gasteiger charge is 2.35. The van der Waals surface area contributed by atoms with E-state index in [1.165, 1.54) is 12.8 Å². The summed E-state index contributed by atoms with van der Waals surface area (Å²) in [6, 6.07) is 0.841. The van der Waals surface area contributed by atoms with E-state index >= 15 is 0 Å². The summed E-state index contributed by atoms with van der Waals surface area (Å²) in [6.07, 6.45) is 6.58. The van der Waals surface area contributed by atoms with E-state index in [0.29, 0.717) is 6.04 Å². The summed E-state index contributed by atoms with van der Waals surface area (Å²) in [6.45, 7) is 4.28. The predicted molar refractivity (Wildman–Crippen MR) is 67.1 cm³/mol. The predicted octanol–water partition coefficient (Wildman–Crippen LogP) is 1.46. The maximum absolute atomic E-state index is 11.1. The first-order chi connectivity index (χ1) is 8.20. The molecule has 2 N–H and O–H groups in total. The van der Waals surface area contributed by atoms with Crippen LogP contribution in [0.1, 0.15) is 45.4 Å². The van der Waals surface area contributed by atoms with Crippen LogP contribution >= 0.6 is 0 Å². The molecule has 4 nitrogen and oxygen atoms in total. The first kappa shape index (κ1) is 12.8. The maximum Gasteiger partial charge on any atom is 0.320 e. The standard InChI is InChI=1S/C13H24N2O2/c1-2-3-4-12(13(16)17)14-10-7-8-15(9-10)11-5-6-11/h10-12,14H,2-9H2,1H3,(H,16,17). The third-order valence-corrected chi connectivity index (χ3v) is 3.86. The smallest absolute Gasteiger partial charge is 0.320 e. The van der Waals surface area contributed by atoms with Crippen molar-refractivity contribution in [2.75, 3.05) is 13.1 Å². The van der Waals surface area contributed by atoms with Gasteiger partial charge in [-0.05, 0) is 25.7 Å². The molecule has 2 fully saturated rings. The molecule has 2 aliphatic rings. The van der Waals surface area contributed by atoms with Gasteiger partial charge in [-0.2, -0.15) is 0 Å². The van der Waals surface area contributed by atoms with Crippen molar-refractivity contribution in [3.05, 3.63) is 0 Å². The van der Waals surface area contributed by atoms with Crippen LogP contribution in [0.2, 0.25) is 0 Å². The Morgan fingerprint density at radius 2 is 2.24 bits per heavy atom. The highest BCUT2D eigenvalue weighted by Crippen LogP contribution is 2.29. The highest BCUT2D eigenvalue weighted by atomic mass is 16.4. The van der Waals surface area contributed by atoms with Crippen molar-refractivity contribution in [1.82, 2.24) is 10.2 Å². The minimum Gasteiger partial charge on any atom is -0.480 e. The molecule has 1 heterocycles. The van der Waals surface area contributed by atoms with Gasteiger partial charge in [0.1, 0.15) is 6.04 Å². The molecule has 0 aromatic carbocycles. The van der Waals surface area contributed by atoms with Crippen LogP contribution in [0, 0.1) is 0 Å². The fourth-order valence-corrected chi connectivity index (χ4v) is 2.67. The van der Waals surface area contributed by atoms with E-state index in [9.17, 15) is 9.90 Å². The summed E-state index contributed by atoms with van der Waals surface area (Å²) >= 11 is 0. The highest BCUT2D eigenvalue weighted by molar-refractivity contribution is 5.73. The number of carbonyl (C=O) groups is 1. The Kier molecular flexibility index (Phi) is 4.40. The van der Waals surface area contributed by atoms with Crippen molar-refractivity contribution in [2.45, 2.75) is 63.6 Å². The monoisotopic (exact) mass is 240 g/mol. The van der Waals surface area contributed by atoms with Crippen LogP contribution in [0.5, 0.6) is 0 Å². The van der Waals surface area contributed by atoms with Gasteiger partial charge in [0.15, 0.2) is 0 Å². The van der Waals surface area contributed by atoms with E-state index in [-0.39, 0.29) is 6.04 Å². The summed E-state index contributed by atoms with van der Waals surface area (Å²) < 4.78 is 0. The molecule has 1 saturated carbocycles. The number of unbranched alkanes of at least 4 members (excludes halogenated alkanes) is 1. The van der Waals surface area contributed by atoms with Gasteiger partial charge in [0.25, 0.3) is 0 Å². The molecular weight excluding hydrogens is 216 g/mol. The Balaban J connectivity index is 1.75. The van der Waals surface area contributed by atoms with Crippen LogP contribution in [0.15, 0.2) is 0 Å². The number of carboxylic acids is 1. The van der Waals surface area contributed by atoms with E-state index in [1.54, 1.807) is 0 Å². The van der Waals surface area contributed by atoms with Crippen LogP contribution in [-0.2, 0) is 4.79 Å². The lowest BCUT2D eigenvalue weighted by Crippen LogP contribution is -2.44. The number of nitrogens with zero attached hydrogens (tertiary/aromatic N) is 1. The van der Waals surface area contributed by atoms with Crippen LogP contribution < -0.4 is 5.32 Å². The molecule has 1 aliphatic heterocycles. The molecule has 0 amide bonds. The zero-order valence-corrected chi connectivity index (χ0v) is 10.7. The number of aliphatic carboxylic acids is 1. The molecule has 0 aromatic rings. The van der Waals surface area contributed by atoms with E-state index in [2.05, 4.69) is 17.1 Å². The van der Waals surface area contributed by atoms with Crippen LogP contribution in [0.25, 0.3) is 0 Å². The fourth-order valence-electron chi connectivity index (χ4n) is 2.67. The first-order valence-corrected chi connectivity index (χ1v) is 6.93. The van der Waals surface area contributed by atoms with Gasteiger partial charge >= 0.3 is 5.97 Å². The minimum atomic E-state index is -0.691. The van der Waals surface area contributed by atoms with Crippen molar-refractivity contribution in [1.29, 1.82) is 0 Å². The summed E-state index contributed by atoms with van der Waals surface area (Å²) in [5.74, 6) is -0.691. The van der Waals surface area contributed by atoms with Crippen molar-refractivity contribution < 1.29 is 9.90 Å². The quantitative estimate of drug-likeness (QED) is 0.707. The van der Waals surface area contributed by atoms with Gasteiger partial charge in [0, 0.05) is 25.2 Å². The molecule has 0 spiro atoms. The van der Waals surface area contributed by atoms with Crippen LogP contribution in [0.3, 0.4) is 0 Å². The third kappa shape index (κ3) is 3.68. The molecule has 0 aromatic heterocycles. The molecule has 2 rings (SSSR count). The molecule has 98 valence electrons. The number of nitrogens with one attached hydrogen (secondary N) is 1. The van der Waals surface area contributed by atoms with Gasteiger partial charge in [0.2, 0.25) is 0 Å². The Labute approximate surface area is 103 Å². The van der Waals surface area contributed by atoms with E-state index in [4.69, 9.17) is 0 Å². The Morgan fingerprint density at radius 1 is 1.47 bits per heavy atom. The lowest BCUT2D eigenvalue weighted by molar-refractivity contribution is -0.139. The number of hydrogen-bond donors (Lipinski definition) is 2. The van der Waals surface area contributed by atoms with E-state index in [0.717, 1.165) is 44.8 Å². The largest absolute Gasteiger partial charge is 0.480 e. The number of likely N-dealkylation sites (tertiary alicyclic amines) is 1. The Morgan fingerprint density at radius 3 is 2.82 bits per heavy atom. The molecule has 1 aliphatic carbocycles. The van der Waals surface area contributed by atoms with Crippen molar-refractivity contribution >= 4 is 5.97 Å². The van der Waals surface area contributed by atoms with Gasteiger partial charge in [-0.1, -0.05) is 19.8 Å². The average molecular weight is 240 g/mol.